The standard InChI is InChI=1S/C16H24N2O5S.ClH/c1-16(6-8-17-9-7-16)11-18-24(20,21)12-4-5-14(22-2)13(10-12)15(19)23-3;/h4-5,10,17-18H,6-9,11H2,1-3H3;1H. The number of carbonyl (C=O) groups excluding carboxylic acids is 1. The fourth-order valence-electron chi connectivity index (χ4n) is 2.68. The molecule has 1 aromatic carbocycles. The van der Waals surface area contributed by atoms with Gasteiger partial charge in [0.05, 0.1) is 19.1 Å². The zero-order valence-corrected chi connectivity index (χ0v) is 16.3. The molecule has 0 saturated carbocycles. The van der Waals surface area contributed by atoms with E-state index < -0.39 is 16.0 Å². The molecule has 0 aromatic heterocycles. The van der Waals surface area contributed by atoms with Crippen molar-refractivity contribution in [3.63, 3.8) is 0 Å². The number of hydrogen-bond acceptors (Lipinski definition) is 6. The van der Waals surface area contributed by atoms with Gasteiger partial charge in [-0.05, 0) is 49.5 Å². The van der Waals surface area contributed by atoms with Crippen molar-refractivity contribution >= 4 is 28.4 Å². The van der Waals surface area contributed by atoms with E-state index in [2.05, 4.69) is 21.7 Å². The van der Waals surface area contributed by atoms with Gasteiger partial charge in [0.25, 0.3) is 0 Å². The quantitative estimate of drug-likeness (QED) is 0.714. The van der Waals surface area contributed by atoms with Crippen molar-refractivity contribution < 1.29 is 22.7 Å². The van der Waals surface area contributed by atoms with Crippen LogP contribution in [0, 0.1) is 5.41 Å². The highest BCUT2D eigenvalue weighted by atomic mass is 35.5. The van der Waals surface area contributed by atoms with Crippen molar-refractivity contribution in [2.45, 2.75) is 24.7 Å². The molecule has 9 heteroatoms. The Labute approximate surface area is 154 Å². The lowest BCUT2D eigenvalue weighted by atomic mass is 9.81. The molecule has 1 saturated heterocycles. The number of hydrogen-bond donors (Lipinski definition) is 2. The summed E-state index contributed by atoms with van der Waals surface area (Å²) in [5, 5.41) is 3.27. The summed E-state index contributed by atoms with van der Waals surface area (Å²) in [5.74, 6) is -0.375. The van der Waals surface area contributed by atoms with Crippen LogP contribution < -0.4 is 14.8 Å². The maximum Gasteiger partial charge on any atom is 0.341 e. The summed E-state index contributed by atoms with van der Waals surface area (Å²) in [4.78, 5) is 11.8. The van der Waals surface area contributed by atoms with Crippen LogP contribution >= 0.6 is 12.4 Å². The molecule has 1 aliphatic heterocycles. The highest BCUT2D eigenvalue weighted by Gasteiger charge is 2.29. The summed E-state index contributed by atoms with van der Waals surface area (Å²) in [6.07, 6.45) is 1.82. The first kappa shape index (κ1) is 21.7. The molecule has 1 aromatic rings. The zero-order valence-electron chi connectivity index (χ0n) is 14.6. The van der Waals surface area contributed by atoms with E-state index in [4.69, 9.17) is 4.74 Å². The van der Waals surface area contributed by atoms with Gasteiger partial charge in [-0.15, -0.1) is 12.4 Å². The summed E-state index contributed by atoms with van der Waals surface area (Å²) in [6, 6.07) is 4.14. The lowest BCUT2D eigenvalue weighted by molar-refractivity contribution is 0.0596. The van der Waals surface area contributed by atoms with E-state index in [0.717, 1.165) is 25.9 Å². The second-order valence-corrected chi connectivity index (χ2v) is 8.01. The van der Waals surface area contributed by atoms with Crippen LogP contribution in [0.4, 0.5) is 0 Å². The predicted octanol–water partition coefficient (Wildman–Crippen LogP) is 1.57. The molecule has 0 unspecified atom stereocenters. The number of rotatable bonds is 6. The summed E-state index contributed by atoms with van der Waals surface area (Å²) in [6.45, 7) is 4.20. The minimum absolute atomic E-state index is 0. The molecule has 1 heterocycles. The molecule has 25 heavy (non-hydrogen) atoms. The molecule has 142 valence electrons. The first-order valence-electron chi connectivity index (χ1n) is 7.78. The van der Waals surface area contributed by atoms with Crippen LogP contribution in [0.1, 0.15) is 30.1 Å². The Balaban J connectivity index is 0.00000312. The first-order chi connectivity index (χ1) is 11.3. The van der Waals surface area contributed by atoms with Gasteiger partial charge in [0.15, 0.2) is 0 Å². The molecular weight excluding hydrogens is 368 g/mol. The van der Waals surface area contributed by atoms with Crippen molar-refractivity contribution in [2.75, 3.05) is 33.9 Å². The lowest BCUT2D eigenvalue weighted by Gasteiger charge is -2.34. The number of halogens is 1. The normalized spacial score (nSPS) is 16.6. The number of esters is 1. The van der Waals surface area contributed by atoms with Crippen molar-refractivity contribution in [1.29, 1.82) is 0 Å². The number of nitrogens with one attached hydrogen (secondary N) is 2. The summed E-state index contributed by atoms with van der Waals surface area (Å²) in [5.41, 5.74) is 0.00614. The van der Waals surface area contributed by atoms with Crippen LogP contribution in [-0.4, -0.2) is 48.2 Å². The molecule has 0 spiro atoms. The van der Waals surface area contributed by atoms with Gasteiger partial charge in [-0.25, -0.2) is 17.9 Å². The van der Waals surface area contributed by atoms with E-state index in [1.807, 2.05) is 0 Å². The molecule has 0 amide bonds. The van der Waals surface area contributed by atoms with Crippen molar-refractivity contribution in [2.24, 2.45) is 5.41 Å². The molecule has 0 aliphatic carbocycles. The average Bonchev–Trinajstić information content (AvgIpc) is 2.59. The zero-order chi connectivity index (χ0) is 17.8. The minimum atomic E-state index is -3.72. The fraction of sp³-hybridized carbons (Fsp3) is 0.562. The molecular formula is C16H25ClN2O5S. The van der Waals surface area contributed by atoms with Crippen LogP contribution in [0.2, 0.25) is 0 Å². The highest BCUT2D eigenvalue weighted by Crippen LogP contribution is 2.28. The molecule has 0 radical (unpaired) electrons. The van der Waals surface area contributed by atoms with E-state index >= 15 is 0 Å². The molecule has 0 atom stereocenters. The third kappa shape index (κ3) is 5.31. The van der Waals surface area contributed by atoms with Gasteiger partial charge in [0.2, 0.25) is 10.0 Å². The van der Waals surface area contributed by atoms with Gasteiger partial charge >= 0.3 is 5.97 Å². The minimum Gasteiger partial charge on any atom is -0.496 e. The van der Waals surface area contributed by atoms with Crippen LogP contribution in [-0.2, 0) is 14.8 Å². The van der Waals surface area contributed by atoms with Crippen LogP contribution in [0.15, 0.2) is 23.1 Å². The summed E-state index contributed by atoms with van der Waals surface area (Å²) < 4.78 is 37.5. The van der Waals surface area contributed by atoms with Gasteiger partial charge in [0.1, 0.15) is 11.3 Å². The molecule has 7 nitrogen and oxygen atoms in total. The Morgan fingerprint density at radius 3 is 2.48 bits per heavy atom. The van der Waals surface area contributed by atoms with Gasteiger partial charge in [-0.3, -0.25) is 0 Å². The smallest absolute Gasteiger partial charge is 0.341 e. The predicted molar refractivity (Wildman–Crippen MR) is 97.0 cm³/mol. The molecule has 1 fully saturated rings. The van der Waals surface area contributed by atoms with Crippen LogP contribution in [0.5, 0.6) is 5.75 Å². The van der Waals surface area contributed by atoms with E-state index in [1.165, 1.54) is 32.4 Å². The van der Waals surface area contributed by atoms with Crippen LogP contribution in [0.25, 0.3) is 0 Å². The Kier molecular flexibility index (Phi) is 7.67. The maximum atomic E-state index is 12.6. The molecule has 1 aliphatic rings. The average molecular weight is 393 g/mol. The maximum absolute atomic E-state index is 12.6. The van der Waals surface area contributed by atoms with Gasteiger partial charge in [0, 0.05) is 6.54 Å². The largest absolute Gasteiger partial charge is 0.496 e. The number of ether oxygens (including phenoxy) is 2. The van der Waals surface area contributed by atoms with Gasteiger partial charge < -0.3 is 14.8 Å². The van der Waals surface area contributed by atoms with Crippen molar-refractivity contribution in [1.82, 2.24) is 10.0 Å². The summed E-state index contributed by atoms with van der Waals surface area (Å²) >= 11 is 0. The Hall–Kier alpha value is -1.35. The number of sulfonamides is 1. The topological polar surface area (TPSA) is 93.7 Å². The van der Waals surface area contributed by atoms with E-state index in [-0.39, 0.29) is 34.0 Å². The third-order valence-corrected chi connectivity index (χ3v) is 5.79. The van der Waals surface area contributed by atoms with E-state index in [0.29, 0.717) is 6.54 Å². The Morgan fingerprint density at radius 1 is 1.28 bits per heavy atom. The molecule has 2 rings (SSSR count). The van der Waals surface area contributed by atoms with Crippen molar-refractivity contribution in [3.8, 4) is 5.75 Å². The van der Waals surface area contributed by atoms with Gasteiger partial charge in [-0.2, -0.15) is 0 Å². The van der Waals surface area contributed by atoms with E-state index in [1.54, 1.807) is 0 Å². The summed E-state index contributed by atoms with van der Waals surface area (Å²) in [7, 11) is -1.08. The monoisotopic (exact) mass is 392 g/mol. The number of piperidine rings is 1. The Bertz CT molecular complexity index is 702. The first-order valence-corrected chi connectivity index (χ1v) is 9.26. The second-order valence-electron chi connectivity index (χ2n) is 6.24. The lowest BCUT2D eigenvalue weighted by Crippen LogP contribution is -2.42. The Morgan fingerprint density at radius 2 is 1.92 bits per heavy atom. The van der Waals surface area contributed by atoms with Crippen molar-refractivity contribution in [3.05, 3.63) is 23.8 Å². The molecule has 2 N–H and O–H groups in total. The highest BCUT2D eigenvalue weighted by molar-refractivity contribution is 7.89. The van der Waals surface area contributed by atoms with Crippen LogP contribution in [0.3, 0.4) is 0 Å². The number of carbonyl (C=O) groups is 1. The molecule has 0 bridgehead atoms. The number of benzene rings is 1. The van der Waals surface area contributed by atoms with Gasteiger partial charge in [-0.1, -0.05) is 6.92 Å². The number of methoxy groups -OCH3 is 2. The van der Waals surface area contributed by atoms with E-state index in [9.17, 15) is 13.2 Å². The second kappa shape index (κ2) is 8.84. The third-order valence-electron chi connectivity index (χ3n) is 4.39. The SMILES string of the molecule is COC(=O)c1cc(S(=O)(=O)NCC2(C)CCNCC2)ccc1OC.Cl. The fourth-order valence-corrected chi connectivity index (χ4v) is 3.91.